The van der Waals surface area contributed by atoms with Crippen LogP contribution in [0.15, 0.2) is 72.0 Å². The Labute approximate surface area is 110 Å². The molecule has 0 saturated heterocycles. The quantitative estimate of drug-likeness (QED) is 0.771. The molecule has 1 aromatic carbocycles. The molecule has 0 amide bonds. The topological polar surface area (TPSA) is 26.0 Å². The van der Waals surface area contributed by atoms with E-state index in [2.05, 4.69) is 25.1 Å². The van der Waals surface area contributed by atoms with Crippen LogP contribution in [0.5, 0.6) is 0 Å². The number of hydrogen-bond donors (Lipinski definition) is 1. The lowest BCUT2D eigenvalue weighted by molar-refractivity contribution is 1.32. The molecule has 0 aromatic heterocycles. The van der Waals surface area contributed by atoms with Crippen molar-refractivity contribution < 1.29 is 0 Å². The van der Waals surface area contributed by atoms with Crippen LogP contribution in [-0.2, 0) is 0 Å². The first kappa shape index (κ1) is 14.0. The van der Waals surface area contributed by atoms with Crippen molar-refractivity contribution in [2.45, 2.75) is 20.8 Å². The molecule has 0 unspecified atom stereocenters. The lowest BCUT2D eigenvalue weighted by Crippen LogP contribution is -2.01. The fraction of sp³-hybridized carbons (Fsp3) is 0.176. The predicted molar refractivity (Wildman–Crippen MR) is 80.9 cm³/mol. The van der Waals surface area contributed by atoms with Crippen molar-refractivity contribution in [1.82, 2.24) is 0 Å². The minimum atomic E-state index is 0.803. The number of benzene rings is 1. The molecule has 2 N–H and O–H groups in total. The maximum Gasteiger partial charge on any atom is 0.0347 e. The van der Waals surface area contributed by atoms with Gasteiger partial charge in [-0.2, -0.15) is 0 Å². The standard InChI is InChI=1S/C17H21N/c1-4-6-8-13-16(17(18)5-2)14(3)15-11-9-7-10-12-15/h4-13H,18H2,1-3H3/b6-4+,13-8-,16-14+,17-5+. The second-order valence-corrected chi connectivity index (χ2v) is 4.03. The van der Waals surface area contributed by atoms with E-state index in [1.165, 1.54) is 11.1 Å². The third kappa shape index (κ3) is 3.77. The van der Waals surface area contributed by atoms with Crippen LogP contribution in [-0.4, -0.2) is 0 Å². The molecule has 0 bridgehead atoms. The Morgan fingerprint density at radius 3 is 2.28 bits per heavy atom. The Balaban J connectivity index is 3.24. The molecule has 0 heterocycles. The van der Waals surface area contributed by atoms with Crippen LogP contribution in [0.25, 0.3) is 5.57 Å². The van der Waals surface area contributed by atoms with Crippen LogP contribution in [0.3, 0.4) is 0 Å². The first-order chi connectivity index (χ1) is 8.70. The highest BCUT2D eigenvalue weighted by atomic mass is 14.6. The van der Waals surface area contributed by atoms with Gasteiger partial charge in [0, 0.05) is 11.3 Å². The SMILES string of the molecule is C/C=C/C=C\C(C(\N)=C/C)=C(\C)c1ccccc1. The smallest absolute Gasteiger partial charge is 0.0347 e. The molecule has 0 aliphatic rings. The Hall–Kier alpha value is -2.02. The van der Waals surface area contributed by atoms with Gasteiger partial charge in [0.2, 0.25) is 0 Å². The summed E-state index contributed by atoms with van der Waals surface area (Å²) >= 11 is 0. The molecule has 0 fully saturated rings. The van der Waals surface area contributed by atoms with Crippen LogP contribution in [0, 0.1) is 0 Å². The molecule has 0 radical (unpaired) electrons. The summed E-state index contributed by atoms with van der Waals surface area (Å²) in [6.07, 6.45) is 10.00. The highest BCUT2D eigenvalue weighted by Crippen LogP contribution is 2.22. The fourth-order valence-electron chi connectivity index (χ4n) is 1.70. The van der Waals surface area contributed by atoms with Crippen LogP contribution in [0.4, 0.5) is 0 Å². The Bertz CT molecular complexity index is 488. The molecule has 1 rings (SSSR count). The first-order valence-corrected chi connectivity index (χ1v) is 6.18. The van der Waals surface area contributed by atoms with Crippen LogP contribution in [0.1, 0.15) is 26.3 Å². The zero-order chi connectivity index (χ0) is 13.4. The van der Waals surface area contributed by atoms with Crippen LogP contribution < -0.4 is 5.73 Å². The zero-order valence-corrected chi connectivity index (χ0v) is 11.4. The van der Waals surface area contributed by atoms with Crippen LogP contribution >= 0.6 is 0 Å². The van der Waals surface area contributed by atoms with Gasteiger partial charge in [0.05, 0.1) is 0 Å². The Morgan fingerprint density at radius 1 is 1.06 bits per heavy atom. The van der Waals surface area contributed by atoms with E-state index in [0.717, 1.165) is 11.3 Å². The van der Waals surface area contributed by atoms with Gasteiger partial charge in [-0.1, -0.05) is 60.7 Å². The molecular formula is C17H21N. The molecular weight excluding hydrogens is 218 g/mol. The molecule has 0 spiro atoms. The summed E-state index contributed by atoms with van der Waals surface area (Å²) in [4.78, 5) is 0. The van der Waals surface area contributed by atoms with E-state index in [1.807, 2.05) is 56.4 Å². The summed E-state index contributed by atoms with van der Waals surface area (Å²) in [5, 5.41) is 0. The molecule has 1 nitrogen and oxygen atoms in total. The molecule has 1 aromatic rings. The third-order valence-corrected chi connectivity index (χ3v) is 2.80. The van der Waals surface area contributed by atoms with E-state index in [1.54, 1.807) is 0 Å². The monoisotopic (exact) mass is 239 g/mol. The second kappa shape index (κ2) is 7.33. The van der Waals surface area contributed by atoms with Gasteiger partial charge >= 0.3 is 0 Å². The van der Waals surface area contributed by atoms with Gasteiger partial charge < -0.3 is 5.73 Å². The summed E-state index contributed by atoms with van der Waals surface area (Å²) in [5.74, 6) is 0. The largest absolute Gasteiger partial charge is 0.399 e. The first-order valence-electron chi connectivity index (χ1n) is 6.18. The van der Waals surface area contributed by atoms with Crippen molar-refractivity contribution in [3.8, 4) is 0 Å². The van der Waals surface area contributed by atoms with Gasteiger partial charge in [-0.25, -0.2) is 0 Å². The number of hydrogen-bond acceptors (Lipinski definition) is 1. The Morgan fingerprint density at radius 2 is 1.72 bits per heavy atom. The van der Waals surface area contributed by atoms with Crippen molar-refractivity contribution in [2.24, 2.45) is 5.73 Å². The number of rotatable bonds is 4. The highest BCUT2D eigenvalue weighted by molar-refractivity contribution is 5.73. The average molecular weight is 239 g/mol. The highest BCUT2D eigenvalue weighted by Gasteiger charge is 2.03. The van der Waals surface area contributed by atoms with E-state index in [4.69, 9.17) is 5.73 Å². The molecule has 1 heteroatoms. The van der Waals surface area contributed by atoms with Crippen molar-refractivity contribution >= 4 is 5.57 Å². The van der Waals surface area contributed by atoms with Crippen molar-refractivity contribution in [2.75, 3.05) is 0 Å². The fourth-order valence-corrected chi connectivity index (χ4v) is 1.70. The van der Waals surface area contributed by atoms with Crippen molar-refractivity contribution in [1.29, 1.82) is 0 Å². The van der Waals surface area contributed by atoms with Gasteiger partial charge in [0.1, 0.15) is 0 Å². The van der Waals surface area contributed by atoms with E-state index < -0.39 is 0 Å². The van der Waals surface area contributed by atoms with E-state index >= 15 is 0 Å². The second-order valence-electron chi connectivity index (χ2n) is 4.03. The number of nitrogens with two attached hydrogens (primary N) is 1. The third-order valence-electron chi connectivity index (χ3n) is 2.80. The van der Waals surface area contributed by atoms with E-state index in [0.29, 0.717) is 0 Å². The molecule has 0 atom stereocenters. The maximum absolute atomic E-state index is 6.07. The van der Waals surface area contributed by atoms with E-state index in [9.17, 15) is 0 Å². The predicted octanol–water partition coefficient (Wildman–Crippen LogP) is 4.45. The van der Waals surface area contributed by atoms with Crippen molar-refractivity contribution in [3.63, 3.8) is 0 Å². The summed E-state index contributed by atoms with van der Waals surface area (Å²) in [5.41, 5.74) is 10.3. The lowest BCUT2D eigenvalue weighted by Gasteiger charge is -2.09. The van der Waals surface area contributed by atoms with Gasteiger partial charge in [0.25, 0.3) is 0 Å². The van der Waals surface area contributed by atoms with Gasteiger partial charge in [-0.3, -0.25) is 0 Å². The summed E-state index contributed by atoms with van der Waals surface area (Å²) in [6.45, 7) is 6.05. The molecule has 0 saturated carbocycles. The molecule has 94 valence electrons. The Kier molecular flexibility index (Phi) is 5.72. The average Bonchev–Trinajstić information content (AvgIpc) is 2.43. The number of allylic oxidation sites excluding steroid dienone is 6. The normalized spacial score (nSPS) is 14.3. The molecule has 0 aliphatic heterocycles. The minimum absolute atomic E-state index is 0.803. The van der Waals surface area contributed by atoms with Crippen LogP contribution in [0.2, 0.25) is 0 Å². The lowest BCUT2D eigenvalue weighted by atomic mass is 9.99. The zero-order valence-electron chi connectivity index (χ0n) is 11.4. The minimum Gasteiger partial charge on any atom is -0.399 e. The molecule has 18 heavy (non-hydrogen) atoms. The van der Waals surface area contributed by atoms with Gasteiger partial charge in [-0.05, 0) is 31.9 Å². The van der Waals surface area contributed by atoms with Gasteiger partial charge in [0.15, 0.2) is 0 Å². The molecule has 0 aliphatic carbocycles. The summed E-state index contributed by atoms with van der Waals surface area (Å²) in [6, 6.07) is 10.3. The van der Waals surface area contributed by atoms with Crippen molar-refractivity contribution in [3.05, 3.63) is 77.5 Å². The van der Waals surface area contributed by atoms with Gasteiger partial charge in [-0.15, -0.1) is 0 Å². The summed E-state index contributed by atoms with van der Waals surface area (Å²) < 4.78 is 0. The van der Waals surface area contributed by atoms with E-state index in [-0.39, 0.29) is 0 Å². The maximum atomic E-state index is 6.07. The summed E-state index contributed by atoms with van der Waals surface area (Å²) in [7, 11) is 0.